The average molecular weight is 527 g/mol. The van der Waals surface area contributed by atoms with E-state index in [1.165, 1.54) is 0 Å². The number of anilines is 4. The number of nitrogens with zero attached hydrogens (tertiary/aromatic N) is 6. The van der Waals surface area contributed by atoms with Crippen LogP contribution in [-0.4, -0.2) is 53.7 Å². The molecule has 2 aromatic heterocycles. The molecule has 3 heterocycles. The van der Waals surface area contributed by atoms with E-state index in [2.05, 4.69) is 48.4 Å². The molecule has 1 saturated heterocycles. The van der Waals surface area contributed by atoms with Crippen LogP contribution in [-0.2, 0) is 4.74 Å². The molecule has 0 amide bonds. The molecule has 0 saturated carbocycles. The van der Waals surface area contributed by atoms with Crippen molar-refractivity contribution in [3.8, 4) is 0 Å². The highest BCUT2D eigenvalue weighted by Crippen LogP contribution is 2.23. The number of benzene rings is 1. The Morgan fingerprint density at radius 1 is 1.13 bits per heavy atom. The summed E-state index contributed by atoms with van der Waals surface area (Å²) >= 11 is 0. The predicted molar refractivity (Wildman–Crippen MR) is 156 cm³/mol. The van der Waals surface area contributed by atoms with Gasteiger partial charge in [-0.25, -0.2) is 14.8 Å². The highest BCUT2D eigenvalue weighted by Gasteiger charge is 2.17. The van der Waals surface area contributed by atoms with E-state index in [1.807, 2.05) is 67.3 Å². The summed E-state index contributed by atoms with van der Waals surface area (Å²) in [7, 11) is 0. The van der Waals surface area contributed by atoms with Crippen LogP contribution in [0.15, 0.2) is 89.4 Å². The number of aliphatic imine (C=N–C) groups is 1. The Hall–Kier alpha value is -4.70. The molecule has 1 aliphatic heterocycles. The Morgan fingerprint density at radius 3 is 2.72 bits per heavy atom. The average Bonchev–Trinajstić information content (AvgIpc) is 2.95. The topological polar surface area (TPSA) is 99.9 Å². The van der Waals surface area contributed by atoms with Crippen molar-refractivity contribution in [2.75, 3.05) is 41.9 Å². The summed E-state index contributed by atoms with van der Waals surface area (Å²) in [6.45, 7) is 9.84. The quantitative estimate of drug-likeness (QED) is 0.201. The zero-order valence-corrected chi connectivity index (χ0v) is 22.0. The summed E-state index contributed by atoms with van der Waals surface area (Å²) in [5, 5.41) is 7.52. The Morgan fingerprint density at radius 2 is 1.97 bits per heavy atom. The molecule has 1 aromatic carbocycles. The summed E-state index contributed by atoms with van der Waals surface area (Å²) in [4.78, 5) is 18.7. The van der Waals surface area contributed by atoms with Crippen LogP contribution in [0.5, 0.6) is 0 Å². The molecule has 10 heteroatoms. The molecular formula is C29H31FN8O. The molecule has 9 nitrogen and oxygen atoms in total. The van der Waals surface area contributed by atoms with Crippen LogP contribution in [0, 0.1) is 5.82 Å². The molecule has 4 rings (SSSR count). The van der Waals surface area contributed by atoms with Gasteiger partial charge < -0.3 is 15.0 Å². The van der Waals surface area contributed by atoms with Crippen LogP contribution in [0.1, 0.15) is 25.1 Å². The van der Waals surface area contributed by atoms with Gasteiger partial charge in [-0.05, 0) is 55.3 Å². The molecule has 2 N–H and O–H groups in total. The van der Waals surface area contributed by atoms with Gasteiger partial charge in [-0.2, -0.15) is 10.1 Å². The van der Waals surface area contributed by atoms with Crippen LogP contribution in [0.4, 0.5) is 27.5 Å². The summed E-state index contributed by atoms with van der Waals surface area (Å²) in [6, 6.07) is 11.8. The van der Waals surface area contributed by atoms with Crippen molar-refractivity contribution in [2.24, 2.45) is 10.1 Å². The summed E-state index contributed by atoms with van der Waals surface area (Å²) in [5.74, 6) is -0.0473. The third-order valence-corrected chi connectivity index (χ3v) is 5.56. The van der Waals surface area contributed by atoms with Crippen molar-refractivity contribution in [1.29, 1.82) is 0 Å². The van der Waals surface area contributed by atoms with Gasteiger partial charge in [0.05, 0.1) is 43.2 Å². The monoisotopic (exact) mass is 526 g/mol. The maximum Gasteiger partial charge on any atom is 0.245 e. The van der Waals surface area contributed by atoms with Gasteiger partial charge in [0.15, 0.2) is 11.6 Å². The van der Waals surface area contributed by atoms with Crippen molar-refractivity contribution in [3.05, 3.63) is 96.4 Å². The van der Waals surface area contributed by atoms with Gasteiger partial charge in [0.1, 0.15) is 0 Å². The fourth-order valence-corrected chi connectivity index (χ4v) is 3.74. The van der Waals surface area contributed by atoms with E-state index in [4.69, 9.17) is 4.74 Å². The second kappa shape index (κ2) is 13.7. The van der Waals surface area contributed by atoms with Crippen molar-refractivity contribution in [3.63, 3.8) is 0 Å². The van der Waals surface area contributed by atoms with E-state index in [-0.39, 0.29) is 11.8 Å². The van der Waals surface area contributed by atoms with Crippen LogP contribution < -0.4 is 15.6 Å². The molecule has 0 aliphatic carbocycles. The van der Waals surface area contributed by atoms with Crippen molar-refractivity contribution >= 4 is 41.1 Å². The van der Waals surface area contributed by atoms with E-state index in [0.29, 0.717) is 32.0 Å². The molecule has 39 heavy (non-hydrogen) atoms. The van der Waals surface area contributed by atoms with E-state index >= 15 is 0 Å². The molecule has 0 bridgehead atoms. The van der Waals surface area contributed by atoms with Crippen molar-refractivity contribution in [1.82, 2.24) is 15.0 Å². The third kappa shape index (κ3) is 8.14. The van der Waals surface area contributed by atoms with E-state index < -0.39 is 5.82 Å². The minimum atomic E-state index is -0.479. The highest BCUT2D eigenvalue weighted by molar-refractivity contribution is 5.89. The molecule has 1 aliphatic rings. The molecule has 200 valence electrons. The Kier molecular flexibility index (Phi) is 9.63. The standard InChI is InChI=1S/C29H31FN8O/c1-4-6-22(11-12-31-21(2)3)23-7-5-8-24(17-23)35-26-10-9-25(32-18-26)19-34-37-29-33-20-27(30)28(36-29)38-13-15-39-16-14-38/h4-12,17-20,35H,2,13-16H2,1,3H3,(H,33,36,37)/b6-4-,22-11+,31-12?,34-19+. The lowest BCUT2D eigenvalue weighted by molar-refractivity contribution is 0.122. The number of hydrazone groups is 1. The molecule has 0 atom stereocenters. The van der Waals surface area contributed by atoms with Gasteiger partial charge in [-0.15, -0.1) is 0 Å². The first-order valence-electron chi connectivity index (χ1n) is 12.5. The predicted octanol–water partition coefficient (Wildman–Crippen LogP) is 5.60. The van der Waals surface area contributed by atoms with E-state index in [0.717, 1.165) is 34.4 Å². The van der Waals surface area contributed by atoms with Gasteiger partial charge in [-0.3, -0.25) is 9.98 Å². The number of pyridine rings is 1. The van der Waals surface area contributed by atoms with E-state index in [9.17, 15) is 4.39 Å². The van der Waals surface area contributed by atoms with Crippen LogP contribution >= 0.6 is 0 Å². The molecule has 3 aromatic rings. The molecular weight excluding hydrogens is 495 g/mol. The number of morpholine rings is 1. The first kappa shape index (κ1) is 27.3. The lowest BCUT2D eigenvalue weighted by Gasteiger charge is -2.27. The molecule has 1 fully saturated rings. The normalized spacial score (nSPS) is 14.4. The van der Waals surface area contributed by atoms with Crippen LogP contribution in [0.25, 0.3) is 5.57 Å². The summed E-state index contributed by atoms with van der Waals surface area (Å²) in [6.07, 6.45) is 12.1. The summed E-state index contributed by atoms with van der Waals surface area (Å²) in [5.41, 5.74) is 7.96. The lowest BCUT2D eigenvalue weighted by atomic mass is 10.0. The van der Waals surface area contributed by atoms with E-state index in [1.54, 1.807) is 18.6 Å². The maximum absolute atomic E-state index is 14.2. The van der Waals surface area contributed by atoms with Gasteiger partial charge in [-0.1, -0.05) is 30.9 Å². The zero-order valence-electron chi connectivity index (χ0n) is 22.0. The number of hydrogen-bond donors (Lipinski definition) is 2. The largest absolute Gasteiger partial charge is 0.378 e. The number of nitrogens with one attached hydrogen (secondary N) is 2. The number of rotatable bonds is 10. The second-order valence-electron chi connectivity index (χ2n) is 8.65. The van der Waals surface area contributed by atoms with Crippen molar-refractivity contribution < 1.29 is 9.13 Å². The first-order valence-corrected chi connectivity index (χ1v) is 12.5. The molecule has 0 radical (unpaired) electrons. The second-order valence-corrected chi connectivity index (χ2v) is 8.65. The van der Waals surface area contributed by atoms with Gasteiger partial charge >= 0.3 is 0 Å². The zero-order chi connectivity index (χ0) is 27.5. The molecule has 0 unspecified atom stereocenters. The van der Waals surface area contributed by atoms with Crippen molar-refractivity contribution in [2.45, 2.75) is 13.8 Å². The van der Waals surface area contributed by atoms with Gasteiger partial charge in [0, 0.05) is 30.7 Å². The minimum Gasteiger partial charge on any atom is -0.378 e. The maximum atomic E-state index is 14.2. The fraction of sp³-hybridized carbons (Fsp3) is 0.207. The Balaban J connectivity index is 1.38. The lowest BCUT2D eigenvalue weighted by Crippen LogP contribution is -2.37. The Labute approximate surface area is 227 Å². The third-order valence-electron chi connectivity index (χ3n) is 5.56. The van der Waals surface area contributed by atoms with Crippen LogP contribution in [0.2, 0.25) is 0 Å². The SMILES string of the molecule is C=C(C)N=C/C=C(\C=C/C)c1cccc(Nc2ccc(/C=N/Nc3ncc(F)c(N4CCOCC4)n3)nc2)c1. The number of hydrogen-bond acceptors (Lipinski definition) is 9. The molecule has 0 spiro atoms. The minimum absolute atomic E-state index is 0.199. The number of allylic oxidation sites excluding steroid dienone is 5. The van der Waals surface area contributed by atoms with Gasteiger partial charge in [0.2, 0.25) is 5.95 Å². The number of ether oxygens (including phenoxy) is 1. The highest BCUT2D eigenvalue weighted by atomic mass is 19.1. The smallest absolute Gasteiger partial charge is 0.245 e. The number of halogens is 1. The van der Waals surface area contributed by atoms with Gasteiger partial charge in [0.25, 0.3) is 0 Å². The van der Waals surface area contributed by atoms with Crippen LogP contribution in [0.3, 0.4) is 0 Å². The fourth-order valence-electron chi connectivity index (χ4n) is 3.74. The first-order chi connectivity index (χ1) is 19.0. The number of aromatic nitrogens is 3. The summed E-state index contributed by atoms with van der Waals surface area (Å²) < 4.78 is 19.5. The Bertz CT molecular complexity index is 1390.